The molecule has 0 aromatic heterocycles. The molecule has 1 atom stereocenters. The molecule has 1 fully saturated rings. The highest BCUT2D eigenvalue weighted by Crippen LogP contribution is 1.95. The first-order valence-electron chi connectivity index (χ1n) is 3.26. The lowest BCUT2D eigenvalue weighted by Crippen LogP contribution is -2.39. The molecule has 0 spiro atoms. The summed E-state index contributed by atoms with van der Waals surface area (Å²) in [6.07, 6.45) is 0.0737. The molecule has 0 saturated carbocycles. The maximum Gasteiger partial charge on any atom is 0.0756 e. The number of hydrogen-bond donors (Lipinski definition) is 1. The van der Waals surface area contributed by atoms with Crippen LogP contribution in [-0.4, -0.2) is 32.3 Å². The first kappa shape index (κ1) is 7.34. The van der Waals surface area contributed by atoms with Gasteiger partial charge in [0.05, 0.1) is 19.3 Å². The summed E-state index contributed by atoms with van der Waals surface area (Å²) in [5, 5.41) is 6.55. The van der Waals surface area contributed by atoms with E-state index >= 15 is 0 Å². The van der Waals surface area contributed by atoms with Crippen LogP contribution in [0.5, 0.6) is 0 Å². The molecular formula is C5H10N4O. The Kier molecular flexibility index (Phi) is 3.02. The lowest BCUT2D eigenvalue weighted by Gasteiger charge is -2.21. The van der Waals surface area contributed by atoms with Crippen molar-refractivity contribution < 1.29 is 4.74 Å². The Hall–Kier alpha value is -0.770. The standard InChI is InChI=1S/C5H10N4O/c6-9-8-4-5-3-7-1-2-10-5/h5,7H,1-4H2/t5-/m0/s1. The number of ether oxygens (including phenoxy) is 1. The average molecular weight is 142 g/mol. The molecule has 1 aliphatic heterocycles. The maximum atomic E-state index is 7.98. The van der Waals surface area contributed by atoms with Crippen molar-refractivity contribution in [3.63, 3.8) is 0 Å². The monoisotopic (exact) mass is 142 g/mol. The highest BCUT2D eigenvalue weighted by atomic mass is 16.5. The Morgan fingerprint density at radius 2 is 2.70 bits per heavy atom. The van der Waals surface area contributed by atoms with Crippen LogP contribution in [-0.2, 0) is 4.74 Å². The molecule has 1 rings (SSSR count). The summed E-state index contributed by atoms with van der Waals surface area (Å²) in [7, 11) is 0. The van der Waals surface area contributed by atoms with E-state index in [4.69, 9.17) is 10.3 Å². The van der Waals surface area contributed by atoms with Crippen LogP contribution < -0.4 is 5.32 Å². The predicted octanol–water partition coefficient (Wildman–Crippen LogP) is 0.285. The van der Waals surface area contributed by atoms with E-state index in [1.807, 2.05) is 0 Å². The summed E-state index contributed by atoms with van der Waals surface area (Å²) in [6.45, 7) is 2.83. The number of morpholine rings is 1. The van der Waals surface area contributed by atoms with Crippen molar-refractivity contribution in [2.45, 2.75) is 6.10 Å². The average Bonchev–Trinajstić information content (AvgIpc) is 2.03. The van der Waals surface area contributed by atoms with Gasteiger partial charge < -0.3 is 10.1 Å². The van der Waals surface area contributed by atoms with Gasteiger partial charge >= 0.3 is 0 Å². The van der Waals surface area contributed by atoms with Gasteiger partial charge in [-0.2, -0.15) is 0 Å². The first-order valence-corrected chi connectivity index (χ1v) is 3.26. The SMILES string of the molecule is [N-]=[N+]=NC[C@@H]1CNCCO1. The number of hydrogen-bond acceptors (Lipinski definition) is 3. The van der Waals surface area contributed by atoms with E-state index in [1.54, 1.807) is 0 Å². The molecule has 1 heterocycles. The van der Waals surface area contributed by atoms with Crippen LogP contribution >= 0.6 is 0 Å². The van der Waals surface area contributed by atoms with Gasteiger partial charge in [0.25, 0.3) is 0 Å². The molecule has 5 nitrogen and oxygen atoms in total. The number of nitrogens with one attached hydrogen (secondary N) is 1. The minimum atomic E-state index is 0.0737. The summed E-state index contributed by atoms with van der Waals surface area (Å²) in [6, 6.07) is 0. The zero-order valence-corrected chi connectivity index (χ0v) is 5.66. The van der Waals surface area contributed by atoms with E-state index < -0.39 is 0 Å². The number of azide groups is 1. The van der Waals surface area contributed by atoms with E-state index in [9.17, 15) is 0 Å². The summed E-state index contributed by atoms with van der Waals surface area (Å²) < 4.78 is 5.25. The molecule has 0 amide bonds. The Labute approximate surface area is 59.0 Å². The highest BCUT2D eigenvalue weighted by molar-refractivity contribution is 4.69. The van der Waals surface area contributed by atoms with E-state index in [0.717, 1.165) is 13.1 Å². The van der Waals surface area contributed by atoms with Crippen molar-refractivity contribution in [1.29, 1.82) is 0 Å². The van der Waals surface area contributed by atoms with Gasteiger partial charge in [0.15, 0.2) is 0 Å². The molecule has 0 aliphatic carbocycles. The second-order valence-corrected chi connectivity index (χ2v) is 2.11. The zero-order chi connectivity index (χ0) is 7.23. The van der Waals surface area contributed by atoms with Crippen LogP contribution in [0.1, 0.15) is 0 Å². The van der Waals surface area contributed by atoms with Crippen molar-refractivity contribution in [2.75, 3.05) is 26.2 Å². The Balaban J connectivity index is 2.19. The Morgan fingerprint density at radius 1 is 1.80 bits per heavy atom. The second-order valence-electron chi connectivity index (χ2n) is 2.11. The van der Waals surface area contributed by atoms with Gasteiger partial charge in [-0.15, -0.1) is 0 Å². The molecular weight excluding hydrogens is 132 g/mol. The van der Waals surface area contributed by atoms with Crippen LogP contribution in [0.3, 0.4) is 0 Å². The zero-order valence-electron chi connectivity index (χ0n) is 5.66. The van der Waals surface area contributed by atoms with Crippen molar-refractivity contribution >= 4 is 0 Å². The minimum Gasteiger partial charge on any atom is -0.375 e. The minimum absolute atomic E-state index is 0.0737. The van der Waals surface area contributed by atoms with E-state index in [0.29, 0.717) is 13.2 Å². The fourth-order valence-electron chi connectivity index (χ4n) is 0.865. The van der Waals surface area contributed by atoms with Gasteiger partial charge in [0.2, 0.25) is 0 Å². The first-order chi connectivity index (χ1) is 4.93. The maximum absolute atomic E-state index is 7.98. The lowest BCUT2D eigenvalue weighted by molar-refractivity contribution is 0.0347. The van der Waals surface area contributed by atoms with Gasteiger partial charge in [-0.1, -0.05) is 5.11 Å². The fourth-order valence-corrected chi connectivity index (χ4v) is 0.865. The van der Waals surface area contributed by atoms with Crippen LogP contribution in [0, 0.1) is 0 Å². The lowest BCUT2D eigenvalue weighted by atomic mass is 10.3. The third-order valence-electron chi connectivity index (χ3n) is 1.35. The van der Waals surface area contributed by atoms with Crippen molar-refractivity contribution in [1.82, 2.24) is 5.32 Å². The molecule has 0 bridgehead atoms. The predicted molar refractivity (Wildman–Crippen MR) is 36.6 cm³/mol. The van der Waals surface area contributed by atoms with Crippen molar-refractivity contribution in [3.8, 4) is 0 Å². The van der Waals surface area contributed by atoms with Crippen molar-refractivity contribution in [2.24, 2.45) is 5.11 Å². The quantitative estimate of drug-likeness (QED) is 0.342. The summed E-state index contributed by atoms with van der Waals surface area (Å²) >= 11 is 0. The highest BCUT2D eigenvalue weighted by Gasteiger charge is 2.10. The summed E-state index contributed by atoms with van der Waals surface area (Å²) in [5.74, 6) is 0. The smallest absolute Gasteiger partial charge is 0.0756 e. The molecule has 0 radical (unpaired) electrons. The number of nitrogens with zero attached hydrogens (tertiary/aromatic N) is 3. The molecule has 1 aliphatic rings. The largest absolute Gasteiger partial charge is 0.375 e. The molecule has 1 N–H and O–H groups in total. The molecule has 56 valence electrons. The number of rotatable bonds is 2. The third kappa shape index (κ3) is 2.23. The van der Waals surface area contributed by atoms with Crippen LogP contribution in [0.2, 0.25) is 0 Å². The normalized spacial score (nSPS) is 25.4. The molecule has 0 unspecified atom stereocenters. The van der Waals surface area contributed by atoms with Gasteiger partial charge in [0, 0.05) is 18.0 Å². The van der Waals surface area contributed by atoms with Gasteiger partial charge in [0.1, 0.15) is 0 Å². The molecule has 5 heteroatoms. The fraction of sp³-hybridized carbons (Fsp3) is 1.00. The topological polar surface area (TPSA) is 70.0 Å². The van der Waals surface area contributed by atoms with Crippen LogP contribution in [0.4, 0.5) is 0 Å². The van der Waals surface area contributed by atoms with Crippen LogP contribution in [0.15, 0.2) is 5.11 Å². The summed E-state index contributed by atoms with van der Waals surface area (Å²) in [4.78, 5) is 2.65. The third-order valence-corrected chi connectivity index (χ3v) is 1.35. The van der Waals surface area contributed by atoms with Gasteiger partial charge in [-0.3, -0.25) is 0 Å². The van der Waals surface area contributed by atoms with Gasteiger partial charge in [-0.05, 0) is 5.53 Å². The summed E-state index contributed by atoms with van der Waals surface area (Å²) in [5.41, 5.74) is 7.98. The molecule has 10 heavy (non-hydrogen) atoms. The second kappa shape index (κ2) is 4.11. The van der Waals surface area contributed by atoms with Crippen molar-refractivity contribution in [3.05, 3.63) is 10.4 Å². The molecule has 0 aromatic rings. The Morgan fingerprint density at radius 3 is 3.30 bits per heavy atom. The van der Waals surface area contributed by atoms with E-state index in [-0.39, 0.29) is 6.10 Å². The van der Waals surface area contributed by atoms with Crippen LogP contribution in [0.25, 0.3) is 10.4 Å². The van der Waals surface area contributed by atoms with E-state index in [2.05, 4.69) is 15.3 Å². The Bertz CT molecular complexity index is 137. The molecule has 0 aromatic carbocycles. The van der Waals surface area contributed by atoms with Gasteiger partial charge in [-0.25, -0.2) is 0 Å². The van der Waals surface area contributed by atoms with E-state index in [1.165, 1.54) is 0 Å². The molecule has 1 saturated heterocycles.